The van der Waals surface area contributed by atoms with Gasteiger partial charge in [0, 0.05) is 18.3 Å². The van der Waals surface area contributed by atoms with Gasteiger partial charge in [-0.25, -0.2) is 4.98 Å². The first-order valence-electron chi connectivity index (χ1n) is 8.03. The number of benzene rings is 1. The molecule has 1 amide bonds. The number of aromatic nitrogens is 1. The van der Waals surface area contributed by atoms with E-state index in [1.165, 1.54) is 11.3 Å². The molecule has 1 aliphatic rings. The highest BCUT2D eigenvalue weighted by Gasteiger charge is 2.26. The third-order valence-corrected chi connectivity index (χ3v) is 4.70. The van der Waals surface area contributed by atoms with Crippen LogP contribution in [0, 0.1) is 0 Å². The van der Waals surface area contributed by atoms with E-state index >= 15 is 0 Å². The lowest BCUT2D eigenvalue weighted by molar-refractivity contribution is 0.0471. The number of amides is 1. The quantitative estimate of drug-likeness (QED) is 0.864. The first-order chi connectivity index (χ1) is 11.7. The Hall–Kier alpha value is -2.12. The van der Waals surface area contributed by atoms with Crippen LogP contribution in [0.15, 0.2) is 29.6 Å². The summed E-state index contributed by atoms with van der Waals surface area (Å²) in [5.74, 6) is 1.38. The molecule has 7 heteroatoms. The van der Waals surface area contributed by atoms with Gasteiger partial charge in [-0.15, -0.1) is 11.3 Å². The molecular formula is C17H21N3O3S. The van der Waals surface area contributed by atoms with E-state index in [0.717, 1.165) is 16.5 Å². The molecule has 1 atom stereocenters. The fourth-order valence-corrected chi connectivity index (χ4v) is 3.35. The largest absolute Gasteiger partial charge is 0.486 e. The Balaban J connectivity index is 1.65. The molecule has 0 bridgehead atoms. The molecule has 2 aromatic rings. The summed E-state index contributed by atoms with van der Waals surface area (Å²) >= 11 is 1.47. The van der Waals surface area contributed by atoms with E-state index in [1.807, 2.05) is 31.2 Å². The first-order valence-corrected chi connectivity index (χ1v) is 8.91. The van der Waals surface area contributed by atoms with Gasteiger partial charge in [0.2, 0.25) is 0 Å². The fraction of sp³-hybridized carbons (Fsp3) is 0.412. The van der Waals surface area contributed by atoms with Crippen molar-refractivity contribution in [1.29, 1.82) is 0 Å². The summed E-state index contributed by atoms with van der Waals surface area (Å²) in [4.78, 5) is 18.8. The number of likely N-dealkylation sites (N-methyl/N-ethyl adjacent to an activating group) is 1. The minimum Gasteiger partial charge on any atom is -0.486 e. The van der Waals surface area contributed by atoms with E-state index in [0.29, 0.717) is 38.4 Å². The van der Waals surface area contributed by atoms with E-state index in [4.69, 9.17) is 15.2 Å². The van der Waals surface area contributed by atoms with Crippen LogP contribution in [0.5, 0.6) is 11.5 Å². The number of ether oxygens (including phenoxy) is 2. The molecule has 24 heavy (non-hydrogen) atoms. The van der Waals surface area contributed by atoms with E-state index in [-0.39, 0.29) is 12.0 Å². The van der Waals surface area contributed by atoms with E-state index in [9.17, 15) is 4.79 Å². The summed E-state index contributed by atoms with van der Waals surface area (Å²) in [6.45, 7) is 3.96. The smallest absolute Gasteiger partial charge is 0.273 e. The Morgan fingerprint density at radius 3 is 2.96 bits per heavy atom. The molecule has 0 saturated carbocycles. The molecule has 3 rings (SSSR count). The van der Waals surface area contributed by atoms with Crippen molar-refractivity contribution in [3.63, 3.8) is 0 Å². The highest BCUT2D eigenvalue weighted by Crippen LogP contribution is 2.31. The van der Waals surface area contributed by atoms with Crippen LogP contribution in [0.4, 0.5) is 0 Å². The van der Waals surface area contributed by atoms with Crippen molar-refractivity contribution >= 4 is 17.2 Å². The molecule has 1 aromatic heterocycles. The Bertz CT molecular complexity index is 704. The van der Waals surface area contributed by atoms with Gasteiger partial charge in [-0.3, -0.25) is 4.79 Å². The molecule has 0 saturated heterocycles. The second-order valence-corrected chi connectivity index (χ2v) is 6.45. The van der Waals surface area contributed by atoms with Crippen LogP contribution >= 0.6 is 11.3 Å². The summed E-state index contributed by atoms with van der Waals surface area (Å²) in [6, 6.07) is 7.56. The number of thiazole rings is 1. The van der Waals surface area contributed by atoms with Gasteiger partial charge in [0.1, 0.15) is 12.3 Å². The van der Waals surface area contributed by atoms with Crippen molar-refractivity contribution in [2.75, 3.05) is 26.2 Å². The highest BCUT2D eigenvalue weighted by molar-refractivity contribution is 7.09. The van der Waals surface area contributed by atoms with Crippen LogP contribution in [0.3, 0.4) is 0 Å². The van der Waals surface area contributed by atoms with Crippen molar-refractivity contribution in [1.82, 2.24) is 9.88 Å². The third-order valence-electron chi connectivity index (χ3n) is 3.79. The number of carbonyl (C=O) groups excluding carboxylic acids is 1. The number of nitrogens with two attached hydrogens (primary N) is 1. The molecule has 128 valence electrons. The van der Waals surface area contributed by atoms with Crippen molar-refractivity contribution in [2.24, 2.45) is 5.73 Å². The first kappa shape index (κ1) is 16.7. The summed E-state index contributed by atoms with van der Waals surface area (Å²) in [5, 5.41) is 2.69. The Morgan fingerprint density at radius 2 is 2.21 bits per heavy atom. The zero-order valence-corrected chi connectivity index (χ0v) is 14.4. The topological polar surface area (TPSA) is 77.7 Å². The van der Waals surface area contributed by atoms with Crippen molar-refractivity contribution < 1.29 is 14.3 Å². The van der Waals surface area contributed by atoms with Crippen LogP contribution in [-0.2, 0) is 6.42 Å². The second kappa shape index (κ2) is 7.63. The van der Waals surface area contributed by atoms with Crippen molar-refractivity contribution in [2.45, 2.75) is 19.4 Å². The number of carbonyl (C=O) groups is 1. The molecule has 2 N–H and O–H groups in total. The molecule has 0 radical (unpaired) electrons. The Labute approximate surface area is 145 Å². The van der Waals surface area contributed by atoms with E-state index in [1.54, 1.807) is 10.3 Å². The van der Waals surface area contributed by atoms with Crippen LogP contribution in [0.25, 0.3) is 0 Å². The van der Waals surface area contributed by atoms with E-state index < -0.39 is 0 Å². The number of hydrogen-bond acceptors (Lipinski definition) is 6. The number of hydrogen-bond donors (Lipinski definition) is 1. The molecule has 2 heterocycles. The lowest BCUT2D eigenvalue weighted by Crippen LogP contribution is -2.43. The predicted molar refractivity (Wildman–Crippen MR) is 92.8 cm³/mol. The lowest BCUT2D eigenvalue weighted by Gasteiger charge is -2.30. The monoisotopic (exact) mass is 347 g/mol. The number of nitrogens with zero attached hydrogens (tertiary/aromatic N) is 2. The average Bonchev–Trinajstić information content (AvgIpc) is 3.08. The average molecular weight is 347 g/mol. The molecule has 0 fully saturated rings. The van der Waals surface area contributed by atoms with Gasteiger partial charge in [-0.05, 0) is 25.6 Å². The highest BCUT2D eigenvalue weighted by atomic mass is 32.1. The van der Waals surface area contributed by atoms with Crippen molar-refractivity contribution in [3.8, 4) is 11.5 Å². The minimum atomic E-state index is -0.189. The van der Waals surface area contributed by atoms with Crippen molar-refractivity contribution in [3.05, 3.63) is 40.3 Å². The molecule has 6 nitrogen and oxygen atoms in total. The fourth-order valence-electron chi connectivity index (χ4n) is 2.56. The van der Waals surface area contributed by atoms with Crippen LogP contribution < -0.4 is 15.2 Å². The molecular weight excluding hydrogens is 326 g/mol. The zero-order valence-electron chi connectivity index (χ0n) is 13.6. The molecule has 1 aliphatic heterocycles. The predicted octanol–water partition coefficient (Wildman–Crippen LogP) is 1.95. The standard InChI is InChI=1S/C17H21N3O3S/c1-2-20(17(21)13-11-24-16(19-13)7-8-18)9-12-10-22-14-5-3-4-6-15(14)23-12/h3-6,11-12H,2,7-10,18H2,1H3. The summed E-state index contributed by atoms with van der Waals surface area (Å²) in [6.07, 6.45) is 0.506. The molecule has 1 unspecified atom stereocenters. The lowest BCUT2D eigenvalue weighted by atomic mass is 10.2. The second-order valence-electron chi connectivity index (χ2n) is 5.51. The van der Waals surface area contributed by atoms with Crippen LogP contribution in [0.1, 0.15) is 22.4 Å². The number of rotatable bonds is 6. The van der Waals surface area contributed by atoms with Gasteiger partial charge in [-0.2, -0.15) is 0 Å². The zero-order chi connectivity index (χ0) is 16.9. The summed E-state index contributed by atoms with van der Waals surface area (Å²) in [5.41, 5.74) is 6.01. The Kier molecular flexibility index (Phi) is 5.32. The molecule has 1 aromatic carbocycles. The van der Waals surface area contributed by atoms with Crippen LogP contribution in [-0.4, -0.2) is 48.1 Å². The maximum Gasteiger partial charge on any atom is 0.273 e. The number of para-hydroxylation sites is 2. The van der Waals surface area contributed by atoms with Gasteiger partial charge >= 0.3 is 0 Å². The maximum absolute atomic E-state index is 12.7. The Morgan fingerprint density at radius 1 is 1.42 bits per heavy atom. The third kappa shape index (κ3) is 3.68. The van der Waals surface area contributed by atoms with Gasteiger partial charge in [0.05, 0.1) is 11.6 Å². The van der Waals surface area contributed by atoms with Gasteiger partial charge < -0.3 is 20.1 Å². The summed E-state index contributed by atoms with van der Waals surface area (Å²) in [7, 11) is 0. The maximum atomic E-state index is 12.7. The van der Waals surface area contributed by atoms with Gasteiger partial charge in [0.15, 0.2) is 17.6 Å². The SMILES string of the molecule is CCN(CC1COc2ccccc2O1)C(=O)c1csc(CCN)n1. The normalized spacial score (nSPS) is 16.0. The van der Waals surface area contributed by atoms with Gasteiger partial charge in [0.25, 0.3) is 5.91 Å². The molecule has 0 spiro atoms. The minimum absolute atomic E-state index is 0.0838. The molecule has 0 aliphatic carbocycles. The number of fused-ring (bicyclic) bond motifs is 1. The van der Waals surface area contributed by atoms with E-state index in [2.05, 4.69) is 4.98 Å². The van der Waals surface area contributed by atoms with Gasteiger partial charge in [-0.1, -0.05) is 12.1 Å². The van der Waals surface area contributed by atoms with Crippen LogP contribution in [0.2, 0.25) is 0 Å². The summed E-state index contributed by atoms with van der Waals surface area (Å²) < 4.78 is 11.7.